The predicted octanol–water partition coefficient (Wildman–Crippen LogP) is 11.0. The Morgan fingerprint density at radius 3 is 1.28 bits per heavy atom. The van der Waals surface area contributed by atoms with Crippen LogP contribution in [0.25, 0.3) is 0 Å². The maximum atomic E-state index is 6.45. The molecule has 1 aromatic rings. The van der Waals surface area contributed by atoms with E-state index in [2.05, 4.69) is 18.2 Å². The van der Waals surface area contributed by atoms with Gasteiger partial charge in [-0.15, -0.1) is 0 Å². The van der Waals surface area contributed by atoms with Crippen LogP contribution in [0.15, 0.2) is 4.90 Å². The van der Waals surface area contributed by atoms with Gasteiger partial charge in [-0.1, -0.05) is 136 Å². The zero-order valence-electron chi connectivity index (χ0n) is 17.6. The quantitative estimate of drug-likeness (QED) is 0.0921. The predicted molar refractivity (Wildman–Crippen MR) is 136 cm³/mol. The molecule has 0 aliphatic heterocycles. The molecular formula is C22H34Cl5NS. The van der Waals surface area contributed by atoms with Gasteiger partial charge >= 0.3 is 0 Å². The van der Waals surface area contributed by atoms with E-state index in [4.69, 9.17) is 58.0 Å². The van der Waals surface area contributed by atoms with Gasteiger partial charge in [-0.05, 0) is 24.8 Å². The summed E-state index contributed by atoms with van der Waals surface area (Å²) in [6.45, 7) is 6.48. The Bertz CT molecular complexity index is 552. The van der Waals surface area contributed by atoms with E-state index in [9.17, 15) is 0 Å². The summed E-state index contributed by atoms with van der Waals surface area (Å²) in [6, 6.07) is 0. The van der Waals surface area contributed by atoms with E-state index in [0.717, 1.165) is 25.9 Å². The number of unbranched alkanes of at least 4 members (excludes halogenated alkanes) is 10. The highest BCUT2D eigenvalue weighted by Gasteiger charge is 2.21. The van der Waals surface area contributed by atoms with Gasteiger partial charge in [-0.3, -0.25) is 0 Å². The molecule has 0 atom stereocenters. The van der Waals surface area contributed by atoms with Gasteiger partial charge in [0.1, 0.15) is 0 Å². The number of rotatable bonds is 16. The fourth-order valence-electron chi connectivity index (χ4n) is 3.13. The zero-order chi connectivity index (χ0) is 21.6. The molecule has 0 amide bonds. The van der Waals surface area contributed by atoms with Crippen LogP contribution in [0.2, 0.25) is 25.1 Å². The smallest absolute Gasteiger partial charge is 0.0809 e. The third-order valence-corrected chi connectivity index (χ3v) is 8.63. The monoisotopic (exact) mass is 519 g/mol. The first-order chi connectivity index (χ1) is 13.9. The second-order valence-electron chi connectivity index (χ2n) is 7.45. The highest BCUT2D eigenvalue weighted by molar-refractivity contribution is 7.97. The van der Waals surface area contributed by atoms with Gasteiger partial charge < -0.3 is 0 Å². The Morgan fingerprint density at radius 2 is 0.862 bits per heavy atom. The third kappa shape index (κ3) is 10.4. The van der Waals surface area contributed by atoms with Crippen molar-refractivity contribution in [3.8, 4) is 0 Å². The van der Waals surface area contributed by atoms with E-state index < -0.39 is 0 Å². The van der Waals surface area contributed by atoms with Crippen molar-refractivity contribution in [2.45, 2.75) is 95.8 Å². The Balaban J connectivity index is 2.70. The molecular weight excluding hydrogens is 488 g/mol. The minimum atomic E-state index is 0.214. The average molecular weight is 522 g/mol. The van der Waals surface area contributed by atoms with Crippen LogP contribution in [-0.2, 0) is 0 Å². The van der Waals surface area contributed by atoms with Crippen LogP contribution in [0.3, 0.4) is 0 Å². The van der Waals surface area contributed by atoms with Crippen LogP contribution >= 0.6 is 70.0 Å². The van der Waals surface area contributed by atoms with Crippen molar-refractivity contribution in [3.63, 3.8) is 0 Å². The van der Waals surface area contributed by atoms with Crippen molar-refractivity contribution in [2.75, 3.05) is 13.1 Å². The summed E-state index contributed by atoms with van der Waals surface area (Å²) in [5.74, 6) is 0. The van der Waals surface area contributed by atoms with Crippen molar-refractivity contribution < 1.29 is 0 Å². The Hall–Kier alpha value is 0.980. The molecule has 7 heteroatoms. The summed E-state index contributed by atoms with van der Waals surface area (Å²) in [4.78, 5) is 0.699. The number of benzene rings is 1. The number of hydrogen-bond donors (Lipinski definition) is 0. The fourth-order valence-corrected chi connectivity index (χ4v) is 5.65. The maximum Gasteiger partial charge on any atom is 0.0809 e. The summed E-state index contributed by atoms with van der Waals surface area (Å²) >= 11 is 33.1. The molecule has 29 heavy (non-hydrogen) atoms. The second kappa shape index (κ2) is 16.6. The number of hydrogen-bond acceptors (Lipinski definition) is 2. The lowest BCUT2D eigenvalue weighted by Crippen LogP contribution is -2.19. The highest BCUT2D eigenvalue weighted by Crippen LogP contribution is 2.48. The molecule has 168 valence electrons. The topological polar surface area (TPSA) is 3.24 Å². The minimum absolute atomic E-state index is 0.214. The molecule has 0 aliphatic carbocycles. The summed E-state index contributed by atoms with van der Waals surface area (Å²) in [7, 11) is 0. The Labute approximate surface area is 207 Å². The van der Waals surface area contributed by atoms with Gasteiger partial charge in [0.15, 0.2) is 0 Å². The van der Waals surface area contributed by atoms with Crippen LogP contribution in [0.5, 0.6) is 0 Å². The summed E-state index contributed by atoms with van der Waals surface area (Å²) in [5, 5.41) is 1.51. The van der Waals surface area contributed by atoms with Crippen molar-refractivity contribution in [1.29, 1.82) is 0 Å². The SMILES string of the molecule is CCCCCCCCN(CCCCCCCC)Sc1c(Cl)c(Cl)c(Cl)c(Cl)c1Cl. The first-order valence-corrected chi connectivity index (χ1v) is 13.5. The normalized spacial score (nSPS) is 11.6. The first kappa shape index (κ1) is 28.0. The maximum absolute atomic E-state index is 6.45. The molecule has 0 radical (unpaired) electrons. The summed E-state index contributed by atoms with van der Waals surface area (Å²) < 4.78 is 2.35. The number of halogens is 5. The van der Waals surface area contributed by atoms with Gasteiger partial charge in [0.2, 0.25) is 0 Å². The van der Waals surface area contributed by atoms with E-state index in [0.29, 0.717) is 14.9 Å². The van der Waals surface area contributed by atoms with Crippen LogP contribution in [0.4, 0.5) is 0 Å². The molecule has 0 N–H and O–H groups in total. The molecule has 0 fully saturated rings. The van der Waals surface area contributed by atoms with Gasteiger partial charge in [-0.2, -0.15) is 0 Å². The highest BCUT2D eigenvalue weighted by atomic mass is 35.5. The molecule has 0 bridgehead atoms. The van der Waals surface area contributed by atoms with Crippen molar-refractivity contribution >= 4 is 70.0 Å². The Kier molecular flexibility index (Phi) is 16.0. The van der Waals surface area contributed by atoms with Gasteiger partial charge in [0.05, 0.1) is 30.0 Å². The lowest BCUT2D eigenvalue weighted by Gasteiger charge is -2.23. The largest absolute Gasteiger partial charge is 0.246 e. The lowest BCUT2D eigenvalue weighted by atomic mass is 10.1. The molecule has 0 saturated carbocycles. The first-order valence-electron chi connectivity index (χ1n) is 10.9. The van der Waals surface area contributed by atoms with Crippen molar-refractivity contribution in [3.05, 3.63) is 25.1 Å². The lowest BCUT2D eigenvalue weighted by molar-refractivity contribution is 0.424. The van der Waals surface area contributed by atoms with Crippen LogP contribution in [0, 0.1) is 0 Å². The molecule has 0 aromatic heterocycles. The van der Waals surface area contributed by atoms with E-state index in [-0.39, 0.29) is 15.1 Å². The molecule has 1 rings (SSSR count). The molecule has 0 spiro atoms. The standard InChI is InChI=1S/C22H34Cl5NS/c1-3-5-7-9-11-13-15-28(16-14-12-10-8-6-4-2)29-22-20(26)18(24)17(23)19(25)21(22)27/h3-16H2,1-2H3. The Morgan fingerprint density at radius 1 is 0.517 bits per heavy atom. The molecule has 0 unspecified atom stereocenters. The van der Waals surface area contributed by atoms with Gasteiger partial charge in [0.25, 0.3) is 0 Å². The molecule has 1 aromatic carbocycles. The molecule has 0 aliphatic rings. The van der Waals surface area contributed by atoms with Crippen LogP contribution in [-0.4, -0.2) is 17.4 Å². The van der Waals surface area contributed by atoms with Crippen molar-refractivity contribution in [2.24, 2.45) is 0 Å². The van der Waals surface area contributed by atoms with Crippen LogP contribution < -0.4 is 0 Å². The summed E-state index contributed by atoms with van der Waals surface area (Å²) in [5.41, 5.74) is 0. The molecule has 0 heterocycles. The second-order valence-corrected chi connectivity index (χ2v) is 10.5. The third-order valence-electron chi connectivity index (χ3n) is 4.91. The summed E-state index contributed by atoms with van der Waals surface area (Å²) in [6.07, 6.45) is 15.2. The zero-order valence-corrected chi connectivity index (χ0v) is 22.2. The minimum Gasteiger partial charge on any atom is -0.246 e. The van der Waals surface area contributed by atoms with Crippen LogP contribution in [0.1, 0.15) is 90.9 Å². The number of nitrogens with zero attached hydrogens (tertiary/aromatic N) is 1. The van der Waals surface area contributed by atoms with E-state index >= 15 is 0 Å². The molecule has 0 saturated heterocycles. The van der Waals surface area contributed by atoms with Gasteiger partial charge in [0, 0.05) is 13.1 Å². The van der Waals surface area contributed by atoms with E-state index in [1.54, 1.807) is 11.9 Å². The molecule has 1 nitrogen and oxygen atoms in total. The van der Waals surface area contributed by atoms with E-state index in [1.165, 1.54) is 64.2 Å². The van der Waals surface area contributed by atoms with Crippen molar-refractivity contribution in [1.82, 2.24) is 4.31 Å². The average Bonchev–Trinajstić information content (AvgIpc) is 2.72. The van der Waals surface area contributed by atoms with Gasteiger partial charge in [-0.25, -0.2) is 4.31 Å². The fraction of sp³-hybridized carbons (Fsp3) is 0.727. The van der Waals surface area contributed by atoms with E-state index in [1.807, 2.05) is 0 Å².